The number of carbonyl (C=O) groups is 5. The summed E-state index contributed by atoms with van der Waals surface area (Å²) < 4.78 is 11.4. The molecule has 62 heavy (non-hydrogen) atoms. The molecule has 4 amide bonds. The first-order valence-electron chi connectivity index (χ1n) is 21.7. The summed E-state index contributed by atoms with van der Waals surface area (Å²) in [4.78, 5) is 75.7. The van der Waals surface area contributed by atoms with E-state index in [4.69, 9.17) is 9.47 Å². The number of amides is 4. The molecule has 0 heterocycles. The van der Waals surface area contributed by atoms with Crippen molar-refractivity contribution in [2.45, 2.75) is 131 Å². The predicted molar refractivity (Wildman–Crippen MR) is 242 cm³/mol. The molecule has 0 N–H and O–H groups in total. The number of nitrogens with zero attached hydrogens (tertiary/aromatic N) is 4. The number of Topliss-reactive ketones (excluding diaryl/α,β-unsaturated/α-hetero) is 1. The minimum absolute atomic E-state index is 0.0966. The molecule has 0 fully saturated rings. The van der Waals surface area contributed by atoms with Gasteiger partial charge in [0.15, 0.2) is 11.9 Å². The van der Waals surface area contributed by atoms with E-state index < -0.39 is 29.6 Å². The predicted octanol–water partition coefficient (Wildman–Crippen LogP) is 10.2. The van der Waals surface area contributed by atoms with Crippen LogP contribution in [0.15, 0.2) is 121 Å². The fourth-order valence-electron chi connectivity index (χ4n) is 6.96. The number of unbranched alkanes of at least 4 members (excludes halogenated alkanes) is 2. The summed E-state index contributed by atoms with van der Waals surface area (Å²) in [7, 11) is 0. The van der Waals surface area contributed by atoms with Gasteiger partial charge in [-0.15, -0.1) is 0 Å². The SMILES string of the molecule is CC(=O)C(N(Cc1ccccc1)C(=O)CCCCN(Cc1ccccc1)C(=O)OC(C)(C)C)N(Cc1ccccc1)C(=O)CCCCN(Cc1ccccc1)C(=O)OC(C)(C)C. The molecule has 0 saturated carbocycles. The van der Waals surface area contributed by atoms with Gasteiger partial charge in [-0.1, -0.05) is 121 Å². The van der Waals surface area contributed by atoms with Crippen LogP contribution in [0, 0.1) is 0 Å². The fraction of sp³-hybridized carbons (Fsp3) is 0.431. The van der Waals surface area contributed by atoms with Gasteiger partial charge >= 0.3 is 12.2 Å². The van der Waals surface area contributed by atoms with Crippen LogP contribution in [0.25, 0.3) is 0 Å². The van der Waals surface area contributed by atoms with Gasteiger partial charge in [0.2, 0.25) is 11.8 Å². The summed E-state index contributed by atoms with van der Waals surface area (Å²) in [6.45, 7) is 14.1. The standard InChI is InChI=1S/C51H66N4O7/c1-40(56)47(54(38-43-28-16-10-17-29-43)45(57)32-20-22-34-52(48(59)61-50(2,3)4)36-41-24-12-8-13-25-41)55(39-44-30-18-11-19-31-44)46(58)33-21-23-35-53(49(60)62-51(5,6)7)37-42-26-14-9-15-27-42/h8-19,24-31,47H,20-23,32-39H2,1-7H3. The summed E-state index contributed by atoms with van der Waals surface area (Å²) in [6, 6.07) is 38.2. The van der Waals surface area contributed by atoms with Crippen LogP contribution >= 0.6 is 0 Å². The molecule has 0 atom stereocenters. The van der Waals surface area contributed by atoms with Crippen molar-refractivity contribution in [3.8, 4) is 0 Å². The van der Waals surface area contributed by atoms with Crippen LogP contribution in [-0.2, 0) is 50.0 Å². The van der Waals surface area contributed by atoms with E-state index in [0.29, 0.717) is 51.9 Å². The summed E-state index contributed by atoms with van der Waals surface area (Å²) in [6.07, 6.45) is 0.0522. The van der Waals surface area contributed by atoms with Crippen LogP contribution in [0.1, 0.15) is 109 Å². The van der Waals surface area contributed by atoms with Gasteiger partial charge in [-0.25, -0.2) is 9.59 Å². The molecule has 0 radical (unpaired) electrons. The van der Waals surface area contributed by atoms with Crippen molar-refractivity contribution >= 4 is 29.8 Å². The zero-order valence-corrected chi connectivity index (χ0v) is 37.8. The number of rotatable bonds is 21. The van der Waals surface area contributed by atoms with Crippen LogP contribution < -0.4 is 0 Å². The second-order valence-electron chi connectivity index (χ2n) is 17.7. The van der Waals surface area contributed by atoms with Gasteiger partial charge in [-0.05, 0) is 96.4 Å². The maximum Gasteiger partial charge on any atom is 0.410 e. The third kappa shape index (κ3) is 17.2. The van der Waals surface area contributed by atoms with Crippen LogP contribution in [0.2, 0.25) is 0 Å². The number of benzene rings is 4. The molecule has 0 aliphatic rings. The Balaban J connectivity index is 1.53. The first-order valence-corrected chi connectivity index (χ1v) is 21.7. The van der Waals surface area contributed by atoms with E-state index in [1.165, 1.54) is 16.7 Å². The summed E-state index contributed by atoms with van der Waals surface area (Å²) in [5, 5.41) is 0. The van der Waals surface area contributed by atoms with E-state index in [2.05, 4.69) is 0 Å². The molecule has 332 valence electrons. The number of hydrogen-bond donors (Lipinski definition) is 0. The zero-order chi connectivity index (χ0) is 45.1. The number of ketones is 1. The Morgan fingerprint density at radius 1 is 0.452 bits per heavy atom. The van der Waals surface area contributed by atoms with Gasteiger partial charge in [-0.2, -0.15) is 0 Å². The number of hydrogen-bond acceptors (Lipinski definition) is 7. The van der Waals surface area contributed by atoms with E-state index in [1.54, 1.807) is 9.80 Å². The lowest BCUT2D eigenvalue weighted by Gasteiger charge is -2.39. The lowest BCUT2D eigenvalue weighted by Crippen LogP contribution is -2.56. The topological polar surface area (TPSA) is 117 Å². The van der Waals surface area contributed by atoms with E-state index in [0.717, 1.165) is 22.3 Å². The van der Waals surface area contributed by atoms with Crippen LogP contribution in [0.5, 0.6) is 0 Å². The summed E-state index contributed by atoms with van der Waals surface area (Å²) in [5.41, 5.74) is 2.21. The van der Waals surface area contributed by atoms with Crippen molar-refractivity contribution in [2.24, 2.45) is 0 Å². The fourth-order valence-corrected chi connectivity index (χ4v) is 6.96. The molecular formula is C51H66N4O7. The molecule has 4 aromatic carbocycles. The minimum atomic E-state index is -1.18. The third-order valence-corrected chi connectivity index (χ3v) is 9.86. The van der Waals surface area contributed by atoms with Crippen molar-refractivity contribution in [3.63, 3.8) is 0 Å². The molecule has 0 aliphatic heterocycles. The van der Waals surface area contributed by atoms with E-state index in [-0.39, 0.29) is 43.5 Å². The quantitative estimate of drug-likeness (QED) is 0.0606. The molecular weight excluding hydrogens is 781 g/mol. The second kappa shape index (κ2) is 23.9. The van der Waals surface area contributed by atoms with Gasteiger partial charge in [0, 0.05) is 52.1 Å². The average Bonchev–Trinajstić information content (AvgIpc) is 3.22. The van der Waals surface area contributed by atoms with E-state index >= 15 is 0 Å². The van der Waals surface area contributed by atoms with Gasteiger partial charge in [0.25, 0.3) is 0 Å². The van der Waals surface area contributed by atoms with E-state index in [9.17, 15) is 24.0 Å². The van der Waals surface area contributed by atoms with Gasteiger partial charge < -0.3 is 29.1 Å². The second-order valence-corrected chi connectivity index (χ2v) is 17.7. The lowest BCUT2D eigenvalue weighted by atomic mass is 10.1. The normalized spacial score (nSPS) is 11.4. The molecule has 0 aliphatic carbocycles. The highest BCUT2D eigenvalue weighted by Gasteiger charge is 2.35. The Labute approximate surface area is 369 Å². The molecule has 4 aromatic rings. The average molecular weight is 847 g/mol. The Hall–Kier alpha value is -5.97. The molecule has 0 saturated heterocycles. The molecule has 0 spiro atoms. The molecule has 0 unspecified atom stereocenters. The highest BCUT2D eigenvalue weighted by atomic mass is 16.6. The van der Waals surface area contributed by atoms with Crippen LogP contribution in [-0.4, -0.2) is 79.8 Å². The van der Waals surface area contributed by atoms with Crippen molar-refractivity contribution in [1.82, 2.24) is 19.6 Å². The largest absolute Gasteiger partial charge is 0.444 e. The summed E-state index contributed by atoms with van der Waals surface area (Å²) >= 11 is 0. The minimum Gasteiger partial charge on any atom is -0.444 e. The Morgan fingerprint density at radius 2 is 0.742 bits per heavy atom. The summed E-state index contributed by atoms with van der Waals surface area (Å²) in [5.74, 6) is -0.891. The molecule has 0 bridgehead atoms. The zero-order valence-electron chi connectivity index (χ0n) is 37.8. The Bertz CT molecular complexity index is 1860. The van der Waals surface area contributed by atoms with Gasteiger partial charge in [0.1, 0.15) is 11.2 Å². The Morgan fingerprint density at radius 3 is 1.02 bits per heavy atom. The molecule has 0 aromatic heterocycles. The highest BCUT2D eigenvalue weighted by Crippen LogP contribution is 2.22. The highest BCUT2D eigenvalue weighted by molar-refractivity contribution is 5.91. The van der Waals surface area contributed by atoms with Crippen molar-refractivity contribution in [1.29, 1.82) is 0 Å². The number of ether oxygens (including phenoxy) is 2. The first-order chi connectivity index (χ1) is 29.5. The van der Waals surface area contributed by atoms with E-state index in [1.807, 2.05) is 163 Å². The van der Waals surface area contributed by atoms with Crippen molar-refractivity contribution < 1.29 is 33.4 Å². The maximum atomic E-state index is 14.5. The van der Waals surface area contributed by atoms with Gasteiger partial charge in [0.05, 0.1) is 0 Å². The smallest absolute Gasteiger partial charge is 0.410 e. The third-order valence-electron chi connectivity index (χ3n) is 9.86. The number of carbonyl (C=O) groups excluding carboxylic acids is 5. The Kier molecular flexibility index (Phi) is 18.8. The first kappa shape index (κ1) is 48.7. The monoisotopic (exact) mass is 846 g/mol. The van der Waals surface area contributed by atoms with Crippen LogP contribution in [0.4, 0.5) is 9.59 Å². The molecule has 4 rings (SSSR count). The molecule has 11 heteroatoms. The maximum absolute atomic E-state index is 14.5. The van der Waals surface area contributed by atoms with Crippen LogP contribution in [0.3, 0.4) is 0 Å². The van der Waals surface area contributed by atoms with Gasteiger partial charge in [-0.3, -0.25) is 14.4 Å². The van der Waals surface area contributed by atoms with Crippen molar-refractivity contribution in [2.75, 3.05) is 13.1 Å². The lowest BCUT2D eigenvalue weighted by molar-refractivity contribution is -0.155. The molecule has 11 nitrogen and oxygen atoms in total. The van der Waals surface area contributed by atoms with Crippen molar-refractivity contribution in [3.05, 3.63) is 144 Å².